The van der Waals surface area contributed by atoms with Gasteiger partial charge in [-0.15, -0.1) is 0 Å². The van der Waals surface area contributed by atoms with Crippen molar-refractivity contribution in [2.24, 2.45) is 0 Å². The summed E-state index contributed by atoms with van der Waals surface area (Å²) in [5, 5.41) is 0. The van der Waals surface area contributed by atoms with Crippen LogP contribution in [0.1, 0.15) is 83.1 Å². The van der Waals surface area contributed by atoms with E-state index in [-0.39, 0.29) is 16.5 Å². The second kappa shape index (κ2) is 9.29. The topological polar surface area (TPSA) is 13.0 Å². The van der Waals surface area contributed by atoms with Gasteiger partial charge in [0.05, 0.1) is 0 Å². The van der Waals surface area contributed by atoms with Crippen LogP contribution in [-0.4, -0.2) is 20.4 Å². The maximum absolute atomic E-state index is 3.99. The number of para-hydroxylation sites is 4. The van der Waals surface area contributed by atoms with Crippen molar-refractivity contribution in [2.45, 2.75) is 89.4 Å². The first kappa shape index (κ1) is 27.8. The van der Waals surface area contributed by atoms with Gasteiger partial charge in [-0.2, -0.15) is 0 Å². The van der Waals surface area contributed by atoms with Gasteiger partial charge in [0.15, 0.2) is 0 Å². The zero-order chi connectivity index (χ0) is 30.9. The fourth-order valence-electron chi connectivity index (χ4n) is 8.44. The quantitative estimate of drug-likeness (QED) is 0.169. The SMILES string of the molecule is CC1(C)c2[c-]c(ccc2)C(C)(C)N2[C]3=[Pt]=[C]4N(c5ccccc5N4C(C)(C)c4[c-]c1ccc4)C1CCCC1N3c1ccccc12. The van der Waals surface area contributed by atoms with Crippen LogP contribution in [0.25, 0.3) is 0 Å². The average molecular weight is 772 g/mol. The van der Waals surface area contributed by atoms with Crippen LogP contribution < -0.4 is 19.6 Å². The minimum atomic E-state index is -0.638. The van der Waals surface area contributed by atoms with Crippen molar-refractivity contribution in [3.8, 4) is 0 Å². The fraction of sp³-hybridized carbons (Fsp3) is 0.350. The number of hydrogen-bond donors (Lipinski definition) is 0. The predicted octanol–water partition coefficient (Wildman–Crippen LogP) is 7.94. The molecular formula is C40H40N4Pt-2. The van der Waals surface area contributed by atoms with Crippen LogP contribution in [0.2, 0.25) is 0 Å². The van der Waals surface area contributed by atoms with Crippen LogP contribution in [-0.2, 0) is 34.1 Å². The van der Waals surface area contributed by atoms with E-state index in [0.717, 1.165) is 0 Å². The fourth-order valence-corrected chi connectivity index (χ4v) is 13.1. The van der Waals surface area contributed by atoms with Gasteiger partial charge in [-0.1, -0.05) is 0 Å². The van der Waals surface area contributed by atoms with Crippen molar-refractivity contribution in [3.05, 3.63) is 119 Å². The number of anilines is 4. The van der Waals surface area contributed by atoms with E-state index in [1.54, 1.807) is 0 Å². The maximum atomic E-state index is 3.99. The zero-order valence-electron chi connectivity index (χ0n) is 27.0. The summed E-state index contributed by atoms with van der Waals surface area (Å²) < 4.78 is 2.99. The number of nitrogens with zero attached hydrogens (tertiary/aromatic N) is 4. The molecule has 0 radical (unpaired) electrons. The molecule has 1 aliphatic carbocycles. The van der Waals surface area contributed by atoms with Crippen LogP contribution in [0.5, 0.6) is 0 Å². The van der Waals surface area contributed by atoms with E-state index in [1.807, 2.05) is 0 Å². The molecule has 5 heteroatoms. The van der Waals surface area contributed by atoms with Gasteiger partial charge in [-0.3, -0.25) is 0 Å². The summed E-state index contributed by atoms with van der Waals surface area (Å²) in [6.45, 7) is 14.3. The summed E-state index contributed by atoms with van der Waals surface area (Å²) in [5.41, 5.74) is 9.43. The summed E-state index contributed by atoms with van der Waals surface area (Å²) in [6, 6.07) is 40.8. The Balaban J connectivity index is 1.44. The first-order valence-corrected chi connectivity index (χ1v) is 18.6. The predicted molar refractivity (Wildman–Crippen MR) is 183 cm³/mol. The van der Waals surface area contributed by atoms with Gasteiger partial charge in [-0.05, 0) is 0 Å². The Morgan fingerprint density at radius 2 is 0.933 bits per heavy atom. The van der Waals surface area contributed by atoms with E-state index >= 15 is 0 Å². The van der Waals surface area contributed by atoms with E-state index in [0.29, 0.717) is 12.1 Å². The van der Waals surface area contributed by atoms with Gasteiger partial charge >= 0.3 is 277 Å². The van der Waals surface area contributed by atoms with Crippen molar-refractivity contribution < 1.29 is 17.6 Å². The van der Waals surface area contributed by atoms with Crippen LogP contribution in [0.15, 0.2) is 84.9 Å². The first-order valence-electron chi connectivity index (χ1n) is 16.4. The molecule has 2 atom stereocenters. The van der Waals surface area contributed by atoms with Gasteiger partial charge in [0.1, 0.15) is 0 Å². The average Bonchev–Trinajstić information content (AvgIpc) is 3.71. The Kier molecular flexibility index (Phi) is 5.74. The molecule has 5 aliphatic rings. The molecule has 232 valence electrons. The van der Waals surface area contributed by atoms with Crippen LogP contribution in [0.4, 0.5) is 22.7 Å². The Morgan fingerprint density at radius 3 is 1.38 bits per heavy atom. The van der Waals surface area contributed by atoms with Crippen LogP contribution >= 0.6 is 0 Å². The van der Waals surface area contributed by atoms with Gasteiger partial charge in [0.25, 0.3) is 0 Å². The molecule has 4 aliphatic heterocycles. The monoisotopic (exact) mass is 771 g/mol. The molecule has 4 aromatic rings. The normalized spacial score (nSPS) is 24.8. The molecule has 0 amide bonds. The van der Waals surface area contributed by atoms with E-state index < -0.39 is 17.6 Å². The summed E-state index contributed by atoms with van der Waals surface area (Å²) in [5.74, 6) is 0. The van der Waals surface area contributed by atoms with Gasteiger partial charge in [-0.25, -0.2) is 0 Å². The second-order valence-corrected chi connectivity index (χ2v) is 17.3. The third kappa shape index (κ3) is 3.64. The molecular weight excluding hydrogens is 732 g/mol. The molecule has 1 saturated carbocycles. The third-order valence-corrected chi connectivity index (χ3v) is 14.2. The number of fused-ring (bicyclic) bond motifs is 13. The number of benzene rings is 4. The summed E-state index contributed by atoms with van der Waals surface area (Å²) in [7, 11) is 0. The van der Waals surface area contributed by atoms with Crippen molar-refractivity contribution in [3.63, 3.8) is 0 Å². The van der Waals surface area contributed by atoms with Gasteiger partial charge in [0, 0.05) is 0 Å². The van der Waals surface area contributed by atoms with Crippen LogP contribution in [0.3, 0.4) is 0 Å². The molecule has 6 bridgehead atoms. The molecule has 0 aromatic heterocycles. The standard InChI is InChI=1S/C40H40N4.Pt/c1-38(2)28-14-11-16-30(24-28)39(3,4)43-26-41(34-18-7-9-20-36(34)43)32-22-13-23-33(32)42-27-44(37-21-10-8-19-35(37)42)40(5,6)31-17-12-15-29(38)25-31;/h7-12,14-21,32-33H,13,22-23H2,1-6H3;/q-2;. The molecule has 4 nitrogen and oxygen atoms in total. The second-order valence-electron chi connectivity index (χ2n) is 14.7. The number of rotatable bonds is 0. The third-order valence-electron chi connectivity index (χ3n) is 11.1. The first-order chi connectivity index (χ1) is 21.6. The molecule has 45 heavy (non-hydrogen) atoms. The van der Waals surface area contributed by atoms with E-state index in [4.69, 9.17) is 0 Å². The van der Waals surface area contributed by atoms with E-state index in [1.165, 1.54) is 72.6 Å². The molecule has 4 heterocycles. The molecule has 1 fully saturated rings. The molecule has 0 saturated heterocycles. The Labute approximate surface area is 275 Å². The van der Waals surface area contributed by atoms with Gasteiger partial charge < -0.3 is 0 Å². The van der Waals surface area contributed by atoms with Gasteiger partial charge in [0.2, 0.25) is 0 Å². The number of hydrogen-bond acceptors (Lipinski definition) is 4. The molecule has 0 N–H and O–H groups in total. The molecule has 2 unspecified atom stereocenters. The van der Waals surface area contributed by atoms with Crippen molar-refractivity contribution in [1.82, 2.24) is 0 Å². The van der Waals surface area contributed by atoms with Crippen molar-refractivity contribution >= 4 is 31.0 Å². The molecule has 4 aromatic carbocycles. The van der Waals surface area contributed by atoms with Crippen molar-refractivity contribution in [2.75, 3.05) is 19.6 Å². The summed E-state index contributed by atoms with van der Waals surface area (Å²) in [4.78, 5) is 11.0. The summed E-state index contributed by atoms with van der Waals surface area (Å²) >= 11 is -0.638. The summed E-state index contributed by atoms with van der Waals surface area (Å²) in [6.07, 6.45) is 3.67. The molecule has 9 rings (SSSR count). The van der Waals surface area contributed by atoms with E-state index in [2.05, 4.69) is 158 Å². The minimum absolute atomic E-state index is 0.261. The Bertz CT molecular complexity index is 1830. The van der Waals surface area contributed by atoms with Crippen molar-refractivity contribution in [1.29, 1.82) is 0 Å². The Hall–Kier alpha value is -3.49. The zero-order valence-corrected chi connectivity index (χ0v) is 29.2. The Morgan fingerprint density at radius 1 is 0.533 bits per heavy atom. The van der Waals surface area contributed by atoms with E-state index in [9.17, 15) is 0 Å². The molecule has 0 spiro atoms. The van der Waals surface area contributed by atoms with Crippen LogP contribution in [0, 0.1) is 12.1 Å².